The van der Waals surface area contributed by atoms with Gasteiger partial charge in [0.05, 0.1) is 0 Å². The van der Waals surface area contributed by atoms with Crippen LogP contribution in [0.1, 0.15) is 23.9 Å². The minimum Gasteiger partial charge on any atom is -0.310 e. The van der Waals surface area contributed by atoms with Gasteiger partial charge in [0.2, 0.25) is 0 Å². The normalized spacial score (nSPS) is 10.8. The largest absolute Gasteiger partial charge is 0.310 e. The first-order valence-corrected chi connectivity index (χ1v) is 7.62. The molecule has 0 radical (unpaired) electrons. The maximum atomic E-state index is 4.27. The lowest BCUT2D eigenvalue weighted by Crippen LogP contribution is -2.13. The summed E-state index contributed by atoms with van der Waals surface area (Å²) in [5.41, 5.74) is 2.37. The van der Waals surface area contributed by atoms with Gasteiger partial charge in [-0.05, 0) is 31.5 Å². The number of rotatable bonds is 5. The van der Waals surface area contributed by atoms with Gasteiger partial charge in [-0.25, -0.2) is 0 Å². The summed E-state index contributed by atoms with van der Waals surface area (Å²) >= 11 is 5.20. The Hall–Kier alpha value is -0.780. The molecule has 1 N–H and O–H groups in total. The van der Waals surface area contributed by atoms with Crippen LogP contribution >= 0.6 is 27.3 Å². The first-order chi connectivity index (χ1) is 8.72. The van der Waals surface area contributed by atoms with Crippen LogP contribution in [0.4, 0.5) is 0 Å². The van der Waals surface area contributed by atoms with E-state index in [-0.39, 0.29) is 0 Å². The summed E-state index contributed by atoms with van der Waals surface area (Å²) in [5.74, 6) is 0. The quantitative estimate of drug-likeness (QED) is 0.850. The molecule has 0 amide bonds. The van der Waals surface area contributed by atoms with Gasteiger partial charge in [0, 0.05) is 16.6 Å². The highest BCUT2D eigenvalue weighted by molar-refractivity contribution is 9.10. The molecule has 1 aromatic heterocycles. The molecule has 0 aliphatic heterocycles. The lowest BCUT2D eigenvalue weighted by Gasteiger charge is -2.03. The molecule has 96 valence electrons. The van der Waals surface area contributed by atoms with E-state index in [9.17, 15) is 0 Å². The van der Waals surface area contributed by atoms with Gasteiger partial charge in [-0.1, -0.05) is 46.3 Å². The van der Waals surface area contributed by atoms with Crippen molar-refractivity contribution in [2.24, 2.45) is 0 Å². The number of nitrogens with zero attached hydrogens (tertiary/aromatic N) is 2. The zero-order valence-corrected chi connectivity index (χ0v) is 12.9. The van der Waals surface area contributed by atoms with Gasteiger partial charge < -0.3 is 5.32 Å². The summed E-state index contributed by atoms with van der Waals surface area (Å²) in [6.45, 7) is 6.07. The molecule has 0 bridgehead atoms. The molecule has 3 nitrogen and oxygen atoms in total. The van der Waals surface area contributed by atoms with Crippen molar-refractivity contribution in [1.82, 2.24) is 15.5 Å². The van der Waals surface area contributed by atoms with Crippen molar-refractivity contribution in [3.63, 3.8) is 0 Å². The van der Waals surface area contributed by atoms with E-state index in [1.54, 1.807) is 11.3 Å². The molecule has 0 aliphatic carbocycles. The molecular weight excluding hydrogens is 310 g/mol. The van der Waals surface area contributed by atoms with Crippen molar-refractivity contribution in [3.05, 3.63) is 33.2 Å². The van der Waals surface area contributed by atoms with Gasteiger partial charge in [0.25, 0.3) is 0 Å². The predicted molar refractivity (Wildman–Crippen MR) is 79.8 cm³/mol. The van der Waals surface area contributed by atoms with E-state index >= 15 is 0 Å². The van der Waals surface area contributed by atoms with Crippen LogP contribution < -0.4 is 5.32 Å². The Bertz CT molecular complexity index is 525. The number of aromatic nitrogens is 2. The van der Waals surface area contributed by atoms with Crippen molar-refractivity contribution in [2.75, 3.05) is 6.54 Å². The van der Waals surface area contributed by atoms with Crippen LogP contribution in [0.3, 0.4) is 0 Å². The molecule has 0 aliphatic rings. The average Bonchev–Trinajstić information content (AvgIpc) is 2.82. The highest BCUT2D eigenvalue weighted by atomic mass is 79.9. The summed E-state index contributed by atoms with van der Waals surface area (Å²) in [6.07, 6.45) is 1.14. The van der Waals surface area contributed by atoms with Crippen molar-refractivity contribution in [2.45, 2.75) is 26.8 Å². The molecule has 0 saturated heterocycles. The van der Waals surface area contributed by atoms with Gasteiger partial charge in [0.1, 0.15) is 10.0 Å². The number of halogens is 1. The zero-order chi connectivity index (χ0) is 13.0. The van der Waals surface area contributed by atoms with E-state index in [2.05, 4.69) is 51.4 Å². The Morgan fingerprint density at radius 2 is 2.17 bits per heavy atom. The van der Waals surface area contributed by atoms with Crippen LogP contribution in [0.5, 0.6) is 0 Å². The van der Waals surface area contributed by atoms with Crippen LogP contribution in [-0.2, 0) is 6.54 Å². The SMILES string of the molecule is CCCNCc1nnc(-c2cccc(Br)c2C)s1. The van der Waals surface area contributed by atoms with Crippen LogP contribution in [0.15, 0.2) is 22.7 Å². The monoisotopic (exact) mass is 325 g/mol. The molecule has 1 heterocycles. The molecule has 18 heavy (non-hydrogen) atoms. The van der Waals surface area contributed by atoms with Crippen LogP contribution in [0, 0.1) is 6.92 Å². The third-order valence-electron chi connectivity index (χ3n) is 2.67. The minimum absolute atomic E-state index is 0.804. The number of nitrogens with one attached hydrogen (secondary N) is 1. The van der Waals surface area contributed by atoms with Crippen LogP contribution in [-0.4, -0.2) is 16.7 Å². The van der Waals surface area contributed by atoms with E-state index in [1.165, 1.54) is 5.56 Å². The highest BCUT2D eigenvalue weighted by Crippen LogP contribution is 2.30. The second-order valence-corrected chi connectivity index (χ2v) is 6.01. The number of hydrogen-bond acceptors (Lipinski definition) is 4. The van der Waals surface area contributed by atoms with E-state index in [1.807, 2.05) is 12.1 Å². The van der Waals surface area contributed by atoms with Gasteiger partial charge >= 0.3 is 0 Å². The molecule has 0 fully saturated rings. The summed E-state index contributed by atoms with van der Waals surface area (Å²) in [6, 6.07) is 6.16. The van der Waals surface area contributed by atoms with Crippen molar-refractivity contribution >= 4 is 27.3 Å². The number of benzene rings is 1. The molecule has 0 unspecified atom stereocenters. The molecule has 1 aromatic carbocycles. The molecule has 0 saturated carbocycles. The lowest BCUT2D eigenvalue weighted by molar-refractivity contribution is 0.668. The standard InChI is InChI=1S/C13H16BrN3S/c1-3-7-15-8-12-16-17-13(18-12)10-5-4-6-11(14)9(10)2/h4-6,15H,3,7-8H2,1-2H3. The molecule has 0 atom stereocenters. The fourth-order valence-electron chi connectivity index (χ4n) is 1.65. The van der Waals surface area contributed by atoms with E-state index in [0.29, 0.717) is 0 Å². The summed E-state index contributed by atoms with van der Waals surface area (Å²) in [5, 5.41) is 13.9. The Labute approximate surface area is 120 Å². The minimum atomic E-state index is 0.804. The smallest absolute Gasteiger partial charge is 0.148 e. The fraction of sp³-hybridized carbons (Fsp3) is 0.385. The number of hydrogen-bond donors (Lipinski definition) is 1. The first kappa shape index (κ1) is 13.6. The fourth-order valence-corrected chi connectivity index (χ4v) is 2.90. The summed E-state index contributed by atoms with van der Waals surface area (Å²) < 4.78 is 1.11. The van der Waals surface area contributed by atoms with Gasteiger partial charge in [0.15, 0.2) is 0 Å². The maximum absolute atomic E-state index is 4.27. The third-order valence-corrected chi connectivity index (χ3v) is 4.48. The Morgan fingerprint density at radius 3 is 2.94 bits per heavy atom. The predicted octanol–water partition coefficient (Wildman–Crippen LogP) is 3.78. The van der Waals surface area contributed by atoms with Crippen LogP contribution in [0.25, 0.3) is 10.6 Å². The van der Waals surface area contributed by atoms with E-state index in [4.69, 9.17) is 0 Å². The highest BCUT2D eigenvalue weighted by Gasteiger charge is 2.10. The van der Waals surface area contributed by atoms with Crippen molar-refractivity contribution in [3.8, 4) is 10.6 Å². The van der Waals surface area contributed by atoms with Gasteiger partial charge in [-0.15, -0.1) is 10.2 Å². The van der Waals surface area contributed by atoms with Gasteiger partial charge in [-0.3, -0.25) is 0 Å². The van der Waals surface area contributed by atoms with E-state index < -0.39 is 0 Å². The molecule has 5 heteroatoms. The Kier molecular flexibility index (Phi) is 4.86. The van der Waals surface area contributed by atoms with Crippen molar-refractivity contribution in [1.29, 1.82) is 0 Å². The van der Waals surface area contributed by atoms with E-state index in [0.717, 1.165) is 39.6 Å². The van der Waals surface area contributed by atoms with Gasteiger partial charge in [-0.2, -0.15) is 0 Å². The third kappa shape index (κ3) is 3.16. The maximum Gasteiger partial charge on any atom is 0.148 e. The Balaban J connectivity index is 2.16. The second kappa shape index (κ2) is 6.41. The molecule has 2 rings (SSSR count). The lowest BCUT2D eigenvalue weighted by atomic mass is 10.1. The summed E-state index contributed by atoms with van der Waals surface area (Å²) in [7, 11) is 0. The molecule has 0 spiro atoms. The first-order valence-electron chi connectivity index (χ1n) is 6.01. The van der Waals surface area contributed by atoms with Crippen molar-refractivity contribution < 1.29 is 0 Å². The summed E-state index contributed by atoms with van der Waals surface area (Å²) in [4.78, 5) is 0. The topological polar surface area (TPSA) is 37.8 Å². The molecular formula is C13H16BrN3S. The Morgan fingerprint density at radius 1 is 1.33 bits per heavy atom. The molecule has 2 aromatic rings. The van der Waals surface area contributed by atoms with Crippen LogP contribution in [0.2, 0.25) is 0 Å². The second-order valence-electron chi connectivity index (χ2n) is 4.09. The zero-order valence-electron chi connectivity index (χ0n) is 10.5. The average molecular weight is 326 g/mol.